The molecular formula is C24H31N3O4S. The Kier molecular flexibility index (Phi) is 8.79. The third kappa shape index (κ3) is 6.38. The number of aryl methyl sites for hydroxylation is 1. The molecular weight excluding hydrogens is 426 g/mol. The molecule has 0 aliphatic carbocycles. The van der Waals surface area contributed by atoms with E-state index in [4.69, 9.17) is 4.74 Å². The number of amides is 2. The Morgan fingerprint density at radius 2 is 1.91 bits per heavy atom. The molecule has 1 aliphatic heterocycles. The molecule has 2 amide bonds. The van der Waals surface area contributed by atoms with Gasteiger partial charge in [0.25, 0.3) is 0 Å². The molecule has 1 saturated heterocycles. The molecule has 7 nitrogen and oxygen atoms in total. The lowest BCUT2D eigenvalue weighted by Crippen LogP contribution is -2.44. The largest absolute Gasteiger partial charge is 0.461 e. The first-order valence-electron chi connectivity index (χ1n) is 11.3. The number of rotatable bonds is 8. The summed E-state index contributed by atoms with van der Waals surface area (Å²) in [6.45, 7) is 4.85. The number of ether oxygens (including phenoxy) is 1. The maximum absolute atomic E-state index is 13.4. The average Bonchev–Trinajstić information content (AvgIpc) is 3.16. The SMILES string of the molecule is CCOC(=O)c1nc(N(CCc2ccccc2)C(=O)CN2CCCCCCC2=O)sc1C. The van der Waals surface area contributed by atoms with Gasteiger partial charge in [-0.25, -0.2) is 9.78 Å². The van der Waals surface area contributed by atoms with Crippen LogP contribution in [0.3, 0.4) is 0 Å². The van der Waals surface area contributed by atoms with E-state index in [1.165, 1.54) is 11.3 Å². The Bertz CT molecular complexity index is 929. The molecule has 1 aromatic heterocycles. The predicted octanol–water partition coefficient (Wildman–Crippen LogP) is 4.00. The molecule has 2 aromatic rings. The Labute approximate surface area is 193 Å². The second-order valence-electron chi connectivity index (χ2n) is 7.88. The number of hydrogen-bond acceptors (Lipinski definition) is 6. The number of esters is 1. The van der Waals surface area contributed by atoms with Gasteiger partial charge in [-0.2, -0.15) is 0 Å². The smallest absolute Gasteiger partial charge is 0.358 e. The van der Waals surface area contributed by atoms with Crippen LogP contribution in [0.5, 0.6) is 0 Å². The van der Waals surface area contributed by atoms with Gasteiger partial charge in [0.05, 0.1) is 6.61 Å². The monoisotopic (exact) mass is 457 g/mol. The summed E-state index contributed by atoms with van der Waals surface area (Å²) < 4.78 is 5.10. The first-order valence-corrected chi connectivity index (χ1v) is 12.1. The molecule has 1 fully saturated rings. The van der Waals surface area contributed by atoms with Crippen molar-refractivity contribution < 1.29 is 19.1 Å². The third-order valence-corrected chi connectivity index (χ3v) is 6.49. The van der Waals surface area contributed by atoms with E-state index in [0.29, 0.717) is 35.9 Å². The van der Waals surface area contributed by atoms with Crippen molar-refractivity contribution in [3.63, 3.8) is 0 Å². The maximum atomic E-state index is 13.4. The summed E-state index contributed by atoms with van der Waals surface area (Å²) in [5.74, 6) is -0.635. The first kappa shape index (κ1) is 23.9. The summed E-state index contributed by atoms with van der Waals surface area (Å²) in [4.78, 5) is 46.6. The number of carbonyl (C=O) groups is 3. The van der Waals surface area contributed by atoms with Crippen molar-refractivity contribution in [2.24, 2.45) is 0 Å². The molecule has 32 heavy (non-hydrogen) atoms. The van der Waals surface area contributed by atoms with Crippen molar-refractivity contribution >= 4 is 34.3 Å². The zero-order chi connectivity index (χ0) is 22.9. The van der Waals surface area contributed by atoms with Gasteiger partial charge in [0.1, 0.15) is 6.54 Å². The summed E-state index contributed by atoms with van der Waals surface area (Å²) in [7, 11) is 0. The molecule has 0 unspecified atom stereocenters. The van der Waals surface area contributed by atoms with E-state index in [2.05, 4.69) is 4.98 Å². The van der Waals surface area contributed by atoms with E-state index in [9.17, 15) is 14.4 Å². The second kappa shape index (κ2) is 11.8. The summed E-state index contributed by atoms with van der Waals surface area (Å²) in [6, 6.07) is 9.92. The van der Waals surface area contributed by atoms with Crippen molar-refractivity contribution in [1.82, 2.24) is 9.88 Å². The van der Waals surface area contributed by atoms with Crippen LogP contribution in [0.15, 0.2) is 30.3 Å². The summed E-state index contributed by atoms with van der Waals surface area (Å²) in [5.41, 5.74) is 1.35. The molecule has 2 heterocycles. The highest BCUT2D eigenvalue weighted by molar-refractivity contribution is 7.16. The molecule has 1 aliphatic rings. The molecule has 3 rings (SSSR count). The molecule has 0 bridgehead atoms. The van der Waals surface area contributed by atoms with Gasteiger partial charge in [-0.15, -0.1) is 11.3 Å². The predicted molar refractivity (Wildman–Crippen MR) is 125 cm³/mol. The highest BCUT2D eigenvalue weighted by Gasteiger charge is 2.27. The minimum atomic E-state index is -0.484. The molecule has 0 atom stereocenters. The van der Waals surface area contributed by atoms with Crippen LogP contribution >= 0.6 is 11.3 Å². The Balaban J connectivity index is 1.81. The van der Waals surface area contributed by atoms with Crippen LogP contribution in [0.2, 0.25) is 0 Å². The number of anilines is 1. The van der Waals surface area contributed by atoms with Crippen LogP contribution in [-0.2, 0) is 20.7 Å². The van der Waals surface area contributed by atoms with Crippen molar-refractivity contribution in [3.05, 3.63) is 46.5 Å². The second-order valence-corrected chi connectivity index (χ2v) is 9.06. The van der Waals surface area contributed by atoms with Crippen LogP contribution in [0.25, 0.3) is 0 Å². The number of hydrogen-bond donors (Lipinski definition) is 0. The van der Waals surface area contributed by atoms with Crippen molar-refractivity contribution in [1.29, 1.82) is 0 Å². The summed E-state index contributed by atoms with van der Waals surface area (Å²) >= 11 is 1.30. The fourth-order valence-electron chi connectivity index (χ4n) is 3.73. The van der Waals surface area contributed by atoms with Gasteiger partial charge < -0.3 is 9.64 Å². The molecule has 0 N–H and O–H groups in total. The highest BCUT2D eigenvalue weighted by atomic mass is 32.1. The standard InChI is InChI=1S/C24H31N3O4S/c1-3-31-23(30)22-18(2)32-24(25-22)27(16-14-19-11-7-6-8-12-19)21(29)17-26-15-10-5-4-9-13-20(26)28/h6-8,11-12H,3-5,9-10,13-17H2,1-2H3. The molecule has 0 spiro atoms. The van der Waals surface area contributed by atoms with E-state index in [1.807, 2.05) is 30.3 Å². The third-order valence-electron chi connectivity index (χ3n) is 5.50. The lowest BCUT2D eigenvalue weighted by molar-refractivity contribution is -0.135. The molecule has 1 aromatic carbocycles. The Hall–Kier alpha value is -2.74. The maximum Gasteiger partial charge on any atom is 0.358 e. The van der Waals surface area contributed by atoms with Gasteiger partial charge in [-0.05, 0) is 38.7 Å². The van der Waals surface area contributed by atoms with Gasteiger partial charge in [0, 0.05) is 24.4 Å². The Morgan fingerprint density at radius 1 is 1.16 bits per heavy atom. The van der Waals surface area contributed by atoms with Gasteiger partial charge in [-0.3, -0.25) is 14.5 Å². The van der Waals surface area contributed by atoms with E-state index in [1.54, 1.807) is 23.6 Å². The van der Waals surface area contributed by atoms with Crippen LogP contribution in [0.4, 0.5) is 5.13 Å². The zero-order valence-electron chi connectivity index (χ0n) is 18.8. The van der Waals surface area contributed by atoms with Gasteiger partial charge >= 0.3 is 5.97 Å². The lowest BCUT2D eigenvalue weighted by Gasteiger charge is -2.27. The number of likely N-dealkylation sites (tertiary alicyclic amines) is 1. The number of aromatic nitrogens is 1. The van der Waals surface area contributed by atoms with Gasteiger partial charge in [0.15, 0.2) is 10.8 Å². The van der Waals surface area contributed by atoms with E-state index >= 15 is 0 Å². The summed E-state index contributed by atoms with van der Waals surface area (Å²) in [5, 5.41) is 0.464. The molecule has 0 radical (unpaired) electrons. The normalized spacial score (nSPS) is 14.6. The van der Waals surface area contributed by atoms with Crippen molar-refractivity contribution in [3.8, 4) is 0 Å². The van der Waals surface area contributed by atoms with E-state index in [-0.39, 0.29) is 30.7 Å². The van der Waals surface area contributed by atoms with Gasteiger partial charge in [0.2, 0.25) is 11.8 Å². The van der Waals surface area contributed by atoms with Crippen LogP contribution in [0, 0.1) is 6.92 Å². The van der Waals surface area contributed by atoms with Gasteiger partial charge in [-0.1, -0.05) is 43.2 Å². The fourth-order valence-corrected chi connectivity index (χ4v) is 4.67. The van der Waals surface area contributed by atoms with Crippen LogP contribution < -0.4 is 4.90 Å². The number of nitrogens with zero attached hydrogens (tertiary/aromatic N) is 3. The minimum Gasteiger partial charge on any atom is -0.461 e. The van der Waals surface area contributed by atoms with Crippen LogP contribution in [0.1, 0.15) is 60.0 Å². The average molecular weight is 458 g/mol. The Morgan fingerprint density at radius 3 is 2.66 bits per heavy atom. The molecule has 0 saturated carbocycles. The van der Waals surface area contributed by atoms with Crippen molar-refractivity contribution in [2.45, 2.75) is 52.4 Å². The molecule has 172 valence electrons. The zero-order valence-corrected chi connectivity index (χ0v) is 19.7. The molecule has 8 heteroatoms. The lowest BCUT2D eigenvalue weighted by atomic mass is 10.1. The van der Waals surface area contributed by atoms with E-state index < -0.39 is 5.97 Å². The van der Waals surface area contributed by atoms with Crippen molar-refractivity contribution in [2.75, 3.05) is 31.1 Å². The quantitative estimate of drug-likeness (QED) is 0.560. The fraction of sp³-hybridized carbons (Fsp3) is 0.500. The van der Waals surface area contributed by atoms with Crippen LogP contribution in [-0.4, -0.2) is 53.9 Å². The minimum absolute atomic E-state index is 0.0288. The number of thiazole rings is 1. The first-order chi connectivity index (χ1) is 15.5. The highest BCUT2D eigenvalue weighted by Crippen LogP contribution is 2.27. The van der Waals surface area contributed by atoms with E-state index in [0.717, 1.165) is 31.2 Å². The number of benzene rings is 1. The number of carbonyl (C=O) groups excluding carboxylic acids is 3. The topological polar surface area (TPSA) is 79.8 Å². The summed E-state index contributed by atoms with van der Waals surface area (Å²) in [6.07, 6.45) is 5.05.